The molecular formula is C21H26N2O4. The van der Waals surface area contributed by atoms with Crippen molar-refractivity contribution in [2.24, 2.45) is 29.6 Å². The molecule has 2 heterocycles. The molecule has 144 valence electrons. The van der Waals surface area contributed by atoms with Crippen LogP contribution >= 0.6 is 0 Å². The van der Waals surface area contributed by atoms with Gasteiger partial charge in [0.1, 0.15) is 0 Å². The van der Waals surface area contributed by atoms with Gasteiger partial charge < -0.3 is 10.1 Å². The van der Waals surface area contributed by atoms with Crippen LogP contribution in [0.5, 0.6) is 0 Å². The summed E-state index contributed by atoms with van der Waals surface area (Å²) in [4.78, 5) is 40.4. The number of ether oxygens (including phenoxy) is 1. The van der Waals surface area contributed by atoms with Crippen LogP contribution in [0.3, 0.4) is 0 Å². The molecule has 6 heteroatoms. The number of benzene rings is 1. The Bertz CT molecular complexity index is 729. The number of hydrogen-bond acceptors (Lipinski definition) is 4. The Kier molecular flexibility index (Phi) is 5.00. The van der Waals surface area contributed by atoms with Gasteiger partial charge >= 0.3 is 0 Å². The van der Waals surface area contributed by atoms with Crippen LogP contribution in [0.2, 0.25) is 0 Å². The van der Waals surface area contributed by atoms with E-state index in [1.807, 2.05) is 25.1 Å². The van der Waals surface area contributed by atoms with E-state index in [4.69, 9.17) is 4.74 Å². The molecule has 3 fully saturated rings. The minimum atomic E-state index is -0.554. The maximum atomic E-state index is 13.2. The number of nitrogens with zero attached hydrogens (tertiary/aromatic N) is 1. The van der Waals surface area contributed by atoms with Crippen molar-refractivity contribution in [2.75, 3.05) is 24.7 Å². The number of hydrogen-bond donors (Lipinski definition) is 1. The summed E-state index contributed by atoms with van der Waals surface area (Å²) >= 11 is 0. The maximum absolute atomic E-state index is 13.2. The van der Waals surface area contributed by atoms with E-state index in [1.54, 1.807) is 12.1 Å². The van der Waals surface area contributed by atoms with Crippen molar-refractivity contribution in [3.63, 3.8) is 0 Å². The van der Waals surface area contributed by atoms with Crippen molar-refractivity contribution in [2.45, 2.75) is 26.2 Å². The Morgan fingerprint density at radius 3 is 2.56 bits per heavy atom. The van der Waals surface area contributed by atoms with Crippen LogP contribution in [0.4, 0.5) is 5.69 Å². The highest BCUT2D eigenvalue weighted by atomic mass is 16.5. The predicted octanol–water partition coefficient (Wildman–Crippen LogP) is 1.99. The lowest BCUT2D eigenvalue weighted by Gasteiger charge is -2.34. The SMILES string of the molecule is CC1CCC(C(=O)NCC2CCOC2)C2C(=O)N(c3ccccc3)C(=O)C12. The van der Waals surface area contributed by atoms with Gasteiger partial charge in [-0.15, -0.1) is 0 Å². The zero-order valence-electron chi connectivity index (χ0n) is 15.6. The van der Waals surface area contributed by atoms with Crippen molar-refractivity contribution in [1.82, 2.24) is 5.32 Å². The normalized spacial score (nSPS) is 33.2. The van der Waals surface area contributed by atoms with Gasteiger partial charge in [0.25, 0.3) is 0 Å². The van der Waals surface area contributed by atoms with Gasteiger partial charge in [0.15, 0.2) is 0 Å². The Hall–Kier alpha value is -2.21. The van der Waals surface area contributed by atoms with Crippen molar-refractivity contribution in [3.05, 3.63) is 30.3 Å². The monoisotopic (exact) mass is 370 g/mol. The van der Waals surface area contributed by atoms with Crippen molar-refractivity contribution < 1.29 is 19.1 Å². The van der Waals surface area contributed by atoms with Crippen molar-refractivity contribution >= 4 is 23.4 Å². The summed E-state index contributed by atoms with van der Waals surface area (Å²) in [5, 5.41) is 3.01. The number of para-hydroxylation sites is 1. The van der Waals surface area contributed by atoms with Crippen LogP contribution in [-0.2, 0) is 19.1 Å². The van der Waals surface area contributed by atoms with Crippen LogP contribution in [-0.4, -0.2) is 37.5 Å². The van der Waals surface area contributed by atoms with Crippen molar-refractivity contribution in [3.8, 4) is 0 Å². The van der Waals surface area contributed by atoms with Gasteiger partial charge in [-0.3, -0.25) is 19.3 Å². The molecule has 27 heavy (non-hydrogen) atoms. The van der Waals surface area contributed by atoms with Gasteiger partial charge in [-0.25, -0.2) is 0 Å². The lowest BCUT2D eigenvalue weighted by Crippen LogP contribution is -2.45. The van der Waals surface area contributed by atoms with Gasteiger partial charge in [0.2, 0.25) is 17.7 Å². The average molecular weight is 370 g/mol. The maximum Gasteiger partial charge on any atom is 0.238 e. The van der Waals surface area contributed by atoms with Crippen LogP contribution in [0.25, 0.3) is 0 Å². The molecule has 4 rings (SSSR count). The lowest BCUT2D eigenvalue weighted by molar-refractivity contribution is -0.136. The van der Waals surface area contributed by atoms with Crippen molar-refractivity contribution in [1.29, 1.82) is 0 Å². The average Bonchev–Trinajstić information content (AvgIpc) is 3.28. The molecule has 5 unspecified atom stereocenters. The molecule has 0 aromatic heterocycles. The second-order valence-corrected chi connectivity index (χ2v) is 8.03. The molecule has 0 bridgehead atoms. The number of carbonyl (C=O) groups is 3. The number of anilines is 1. The standard InChI is InChI=1S/C21H26N2O4/c1-13-7-8-16(19(24)22-11-14-9-10-27-12-14)18-17(13)20(25)23(21(18)26)15-5-3-2-4-6-15/h2-6,13-14,16-18H,7-12H2,1H3,(H,22,24). The van der Waals surface area contributed by atoms with E-state index in [2.05, 4.69) is 5.32 Å². The molecule has 0 radical (unpaired) electrons. The van der Waals surface area contributed by atoms with Gasteiger partial charge in [0.05, 0.1) is 30.0 Å². The summed E-state index contributed by atoms with van der Waals surface area (Å²) in [5.74, 6) is -1.43. The first-order chi connectivity index (χ1) is 13.1. The Balaban J connectivity index is 1.54. The number of carbonyl (C=O) groups excluding carboxylic acids is 3. The lowest BCUT2D eigenvalue weighted by atomic mass is 9.68. The summed E-state index contributed by atoms with van der Waals surface area (Å²) in [6.45, 7) is 4.01. The van der Waals surface area contributed by atoms with E-state index in [9.17, 15) is 14.4 Å². The number of rotatable bonds is 4. The third kappa shape index (κ3) is 3.27. The molecule has 6 nitrogen and oxygen atoms in total. The largest absolute Gasteiger partial charge is 0.381 e. The fourth-order valence-electron chi connectivity index (χ4n) is 4.78. The Labute approximate surface area is 159 Å². The second-order valence-electron chi connectivity index (χ2n) is 8.03. The molecule has 0 spiro atoms. The third-order valence-corrected chi connectivity index (χ3v) is 6.32. The van der Waals surface area contributed by atoms with E-state index < -0.39 is 17.8 Å². The summed E-state index contributed by atoms with van der Waals surface area (Å²) < 4.78 is 5.36. The minimum absolute atomic E-state index is 0.0974. The summed E-state index contributed by atoms with van der Waals surface area (Å²) in [7, 11) is 0. The zero-order chi connectivity index (χ0) is 19.0. The predicted molar refractivity (Wildman–Crippen MR) is 99.7 cm³/mol. The molecule has 1 saturated carbocycles. The molecule has 2 saturated heterocycles. The number of fused-ring (bicyclic) bond motifs is 1. The highest BCUT2D eigenvalue weighted by Gasteiger charge is 2.56. The fraction of sp³-hybridized carbons (Fsp3) is 0.571. The quantitative estimate of drug-likeness (QED) is 0.823. The molecule has 1 aromatic carbocycles. The molecule has 3 aliphatic rings. The fourth-order valence-corrected chi connectivity index (χ4v) is 4.78. The van der Waals surface area contributed by atoms with Crippen LogP contribution in [0, 0.1) is 29.6 Å². The first-order valence-electron chi connectivity index (χ1n) is 9.86. The molecule has 2 aliphatic heterocycles. The van der Waals surface area contributed by atoms with Crippen LogP contribution < -0.4 is 10.2 Å². The summed E-state index contributed by atoms with van der Waals surface area (Å²) in [6.07, 6.45) is 2.39. The molecular weight excluding hydrogens is 344 g/mol. The van der Waals surface area contributed by atoms with Gasteiger partial charge in [-0.05, 0) is 37.3 Å². The highest BCUT2D eigenvalue weighted by Crippen LogP contribution is 2.46. The first kappa shape index (κ1) is 18.2. The van der Waals surface area contributed by atoms with E-state index in [1.165, 1.54) is 4.90 Å². The van der Waals surface area contributed by atoms with E-state index >= 15 is 0 Å². The molecule has 1 N–H and O–H groups in total. The van der Waals surface area contributed by atoms with E-state index in [0.29, 0.717) is 31.2 Å². The molecule has 1 aliphatic carbocycles. The van der Waals surface area contributed by atoms with E-state index in [0.717, 1.165) is 19.4 Å². The van der Waals surface area contributed by atoms with E-state index in [-0.39, 0.29) is 23.6 Å². The molecule has 3 amide bonds. The summed E-state index contributed by atoms with van der Waals surface area (Å²) in [6, 6.07) is 9.03. The topological polar surface area (TPSA) is 75.7 Å². The van der Waals surface area contributed by atoms with Gasteiger partial charge in [0, 0.05) is 19.1 Å². The number of nitrogens with one attached hydrogen (secondary N) is 1. The smallest absolute Gasteiger partial charge is 0.238 e. The van der Waals surface area contributed by atoms with Crippen LogP contribution in [0.1, 0.15) is 26.2 Å². The highest BCUT2D eigenvalue weighted by molar-refractivity contribution is 6.23. The summed E-state index contributed by atoms with van der Waals surface area (Å²) in [5.41, 5.74) is 0.594. The number of amides is 3. The molecule has 5 atom stereocenters. The van der Waals surface area contributed by atoms with Gasteiger partial charge in [-0.1, -0.05) is 25.1 Å². The Morgan fingerprint density at radius 2 is 1.85 bits per heavy atom. The second kappa shape index (κ2) is 7.43. The van der Waals surface area contributed by atoms with Gasteiger partial charge in [-0.2, -0.15) is 0 Å². The molecule has 1 aromatic rings. The van der Waals surface area contributed by atoms with Crippen LogP contribution in [0.15, 0.2) is 30.3 Å². The minimum Gasteiger partial charge on any atom is -0.381 e. The Morgan fingerprint density at radius 1 is 1.11 bits per heavy atom. The third-order valence-electron chi connectivity index (χ3n) is 6.32. The zero-order valence-corrected chi connectivity index (χ0v) is 15.6. The number of imide groups is 1. The first-order valence-corrected chi connectivity index (χ1v) is 9.86.